The summed E-state index contributed by atoms with van der Waals surface area (Å²) in [5.74, 6) is 0. The molecular formula is C27H34. The van der Waals surface area contributed by atoms with Crippen molar-refractivity contribution in [2.45, 2.75) is 70.6 Å². The Labute approximate surface area is 166 Å². The average Bonchev–Trinajstić information content (AvgIpc) is 2.92. The van der Waals surface area contributed by atoms with E-state index < -0.39 is 0 Å². The van der Waals surface area contributed by atoms with Gasteiger partial charge >= 0.3 is 0 Å². The SMILES string of the molecule is C=CCCCCC1(CCCCC=C)c2cc(C)ccc2-c2ccc(C)cc21. The van der Waals surface area contributed by atoms with Gasteiger partial charge in [0.15, 0.2) is 0 Å². The maximum atomic E-state index is 3.90. The predicted molar refractivity (Wildman–Crippen MR) is 119 cm³/mol. The van der Waals surface area contributed by atoms with Crippen LogP contribution < -0.4 is 0 Å². The average molecular weight is 359 g/mol. The molecule has 3 rings (SSSR count). The molecule has 2 aromatic carbocycles. The zero-order valence-electron chi connectivity index (χ0n) is 17.2. The molecule has 0 unspecified atom stereocenters. The van der Waals surface area contributed by atoms with Crippen LogP contribution in [0.15, 0.2) is 61.7 Å². The lowest BCUT2D eigenvalue weighted by molar-refractivity contribution is 0.408. The lowest BCUT2D eigenvalue weighted by Gasteiger charge is -2.33. The summed E-state index contributed by atoms with van der Waals surface area (Å²) in [6, 6.07) is 14.2. The van der Waals surface area contributed by atoms with Gasteiger partial charge in [0.2, 0.25) is 0 Å². The quantitative estimate of drug-likeness (QED) is 0.297. The van der Waals surface area contributed by atoms with Gasteiger partial charge in [0.05, 0.1) is 0 Å². The number of benzene rings is 2. The van der Waals surface area contributed by atoms with E-state index in [1.165, 1.54) is 60.8 Å². The molecule has 1 aliphatic carbocycles. The van der Waals surface area contributed by atoms with Crippen LogP contribution >= 0.6 is 0 Å². The molecule has 2 aromatic rings. The molecule has 0 heteroatoms. The highest BCUT2D eigenvalue weighted by Gasteiger charge is 2.42. The largest absolute Gasteiger partial charge is 0.103 e. The Morgan fingerprint density at radius 2 is 1.15 bits per heavy atom. The molecule has 1 aliphatic rings. The summed E-state index contributed by atoms with van der Waals surface area (Å²) in [6.45, 7) is 12.3. The number of fused-ring (bicyclic) bond motifs is 3. The van der Waals surface area contributed by atoms with Crippen molar-refractivity contribution in [3.8, 4) is 11.1 Å². The molecule has 0 amide bonds. The summed E-state index contributed by atoms with van der Waals surface area (Å²) >= 11 is 0. The standard InChI is InChI=1S/C27H34/c1-5-7-9-11-17-27(18-12-10-8-6-2)25-19-21(3)13-15-23(25)24-16-14-22(4)20-26(24)27/h5-6,13-16,19-20H,1-2,7-12,17-18H2,3-4H3. The van der Waals surface area contributed by atoms with Gasteiger partial charge in [-0.1, -0.05) is 72.5 Å². The van der Waals surface area contributed by atoms with Gasteiger partial charge in [-0.3, -0.25) is 0 Å². The second-order valence-electron chi connectivity index (χ2n) is 8.25. The summed E-state index contributed by atoms with van der Waals surface area (Å²) in [5.41, 5.74) is 8.98. The molecule has 0 nitrogen and oxygen atoms in total. The number of rotatable bonds is 10. The lowest BCUT2D eigenvalue weighted by Crippen LogP contribution is -2.25. The Balaban J connectivity index is 2.05. The van der Waals surface area contributed by atoms with E-state index in [-0.39, 0.29) is 5.41 Å². The van der Waals surface area contributed by atoms with E-state index >= 15 is 0 Å². The second-order valence-corrected chi connectivity index (χ2v) is 8.25. The van der Waals surface area contributed by atoms with Crippen LogP contribution in [-0.4, -0.2) is 0 Å². The molecule has 0 atom stereocenters. The minimum absolute atomic E-state index is 0.172. The predicted octanol–water partition coefficient (Wildman–Crippen LogP) is 8.06. The van der Waals surface area contributed by atoms with E-state index in [0.717, 1.165) is 12.8 Å². The van der Waals surface area contributed by atoms with Gasteiger partial charge < -0.3 is 0 Å². The molecule has 0 aromatic heterocycles. The van der Waals surface area contributed by atoms with E-state index in [9.17, 15) is 0 Å². The smallest absolute Gasteiger partial charge is 0.0215 e. The first-order valence-electron chi connectivity index (χ1n) is 10.6. The summed E-state index contributed by atoms with van der Waals surface area (Å²) in [7, 11) is 0. The van der Waals surface area contributed by atoms with Crippen LogP contribution in [0.3, 0.4) is 0 Å². The number of hydrogen-bond donors (Lipinski definition) is 0. The van der Waals surface area contributed by atoms with Gasteiger partial charge in [0.1, 0.15) is 0 Å². The molecular weight excluding hydrogens is 324 g/mol. The summed E-state index contributed by atoms with van der Waals surface area (Å²) in [6.07, 6.45) is 13.8. The maximum absolute atomic E-state index is 3.90. The fourth-order valence-corrected chi connectivity index (χ4v) is 4.82. The normalized spacial score (nSPS) is 13.9. The van der Waals surface area contributed by atoms with Gasteiger partial charge in [-0.2, -0.15) is 0 Å². The Morgan fingerprint density at radius 1 is 0.704 bits per heavy atom. The minimum Gasteiger partial charge on any atom is -0.103 e. The van der Waals surface area contributed by atoms with Crippen LogP contribution in [0, 0.1) is 13.8 Å². The molecule has 0 heterocycles. The topological polar surface area (TPSA) is 0 Å². The molecule has 0 N–H and O–H groups in total. The number of allylic oxidation sites excluding steroid dienone is 2. The Kier molecular flexibility index (Phi) is 6.37. The third kappa shape index (κ3) is 3.95. The van der Waals surface area contributed by atoms with Crippen LogP contribution in [0.5, 0.6) is 0 Å². The molecule has 142 valence electrons. The highest BCUT2D eigenvalue weighted by atomic mass is 14.4. The molecule has 27 heavy (non-hydrogen) atoms. The van der Waals surface area contributed by atoms with E-state index in [1.807, 2.05) is 0 Å². The van der Waals surface area contributed by atoms with Gasteiger partial charge in [-0.25, -0.2) is 0 Å². The summed E-state index contributed by atoms with van der Waals surface area (Å²) < 4.78 is 0. The molecule has 0 spiro atoms. The van der Waals surface area contributed by atoms with Gasteiger partial charge in [0.25, 0.3) is 0 Å². The van der Waals surface area contributed by atoms with Crippen molar-refractivity contribution in [1.29, 1.82) is 0 Å². The minimum atomic E-state index is 0.172. The fourth-order valence-electron chi connectivity index (χ4n) is 4.82. The highest BCUT2D eigenvalue weighted by molar-refractivity contribution is 5.81. The van der Waals surface area contributed by atoms with Crippen molar-refractivity contribution in [1.82, 2.24) is 0 Å². The first kappa shape index (κ1) is 19.7. The zero-order chi connectivity index (χ0) is 19.3. The van der Waals surface area contributed by atoms with Crippen LogP contribution in [0.4, 0.5) is 0 Å². The van der Waals surface area contributed by atoms with Crippen LogP contribution in [0.1, 0.15) is 73.6 Å². The lowest BCUT2D eigenvalue weighted by atomic mass is 9.70. The monoisotopic (exact) mass is 358 g/mol. The second kappa shape index (κ2) is 8.74. The van der Waals surface area contributed by atoms with E-state index in [2.05, 4.69) is 75.6 Å². The molecule has 0 saturated carbocycles. The van der Waals surface area contributed by atoms with Crippen molar-refractivity contribution >= 4 is 0 Å². The summed E-state index contributed by atoms with van der Waals surface area (Å²) in [5, 5.41) is 0. The third-order valence-electron chi connectivity index (χ3n) is 6.20. The molecule has 0 aliphatic heterocycles. The van der Waals surface area contributed by atoms with Crippen LogP contribution in [-0.2, 0) is 5.41 Å². The van der Waals surface area contributed by atoms with Crippen molar-refractivity contribution in [2.24, 2.45) is 0 Å². The van der Waals surface area contributed by atoms with E-state index in [0.29, 0.717) is 0 Å². The van der Waals surface area contributed by atoms with Crippen molar-refractivity contribution in [2.75, 3.05) is 0 Å². The van der Waals surface area contributed by atoms with Crippen molar-refractivity contribution in [3.63, 3.8) is 0 Å². The van der Waals surface area contributed by atoms with Crippen LogP contribution in [0.25, 0.3) is 11.1 Å². The number of hydrogen-bond acceptors (Lipinski definition) is 0. The molecule has 0 saturated heterocycles. The van der Waals surface area contributed by atoms with E-state index in [1.54, 1.807) is 11.1 Å². The van der Waals surface area contributed by atoms with Gasteiger partial charge in [-0.15, -0.1) is 13.2 Å². The maximum Gasteiger partial charge on any atom is 0.0215 e. The highest BCUT2D eigenvalue weighted by Crippen LogP contribution is 2.54. The van der Waals surface area contributed by atoms with Crippen LogP contribution in [0.2, 0.25) is 0 Å². The number of unbranched alkanes of at least 4 members (excludes halogenated alkanes) is 4. The molecule has 0 bridgehead atoms. The van der Waals surface area contributed by atoms with Crippen molar-refractivity contribution in [3.05, 3.63) is 84.0 Å². The summed E-state index contributed by atoms with van der Waals surface area (Å²) in [4.78, 5) is 0. The van der Waals surface area contributed by atoms with Gasteiger partial charge in [-0.05, 0) is 74.6 Å². The zero-order valence-corrected chi connectivity index (χ0v) is 17.2. The third-order valence-corrected chi connectivity index (χ3v) is 6.20. The molecule has 0 fully saturated rings. The first-order valence-corrected chi connectivity index (χ1v) is 10.6. The Morgan fingerprint density at radius 3 is 1.56 bits per heavy atom. The Hall–Kier alpha value is -2.08. The fraction of sp³-hybridized carbons (Fsp3) is 0.407. The van der Waals surface area contributed by atoms with Gasteiger partial charge in [0, 0.05) is 5.41 Å². The van der Waals surface area contributed by atoms with E-state index in [4.69, 9.17) is 0 Å². The Bertz CT molecular complexity index is 739. The number of aryl methyl sites for hydroxylation is 2. The first-order chi connectivity index (χ1) is 13.1. The van der Waals surface area contributed by atoms with Crippen molar-refractivity contribution < 1.29 is 0 Å². The molecule has 0 radical (unpaired) electrons.